The Bertz CT molecular complexity index is 1300. The smallest absolute Gasteiger partial charge is 0.410 e. The molecule has 7 nitrogen and oxygen atoms in total. The molecule has 0 unspecified atom stereocenters. The van der Waals surface area contributed by atoms with E-state index in [2.05, 4.69) is 5.92 Å². The summed E-state index contributed by atoms with van der Waals surface area (Å²) in [4.78, 5) is 41.5. The fourth-order valence-electron chi connectivity index (χ4n) is 4.11. The number of ether oxygens (including phenoxy) is 1. The molecule has 1 saturated heterocycles. The summed E-state index contributed by atoms with van der Waals surface area (Å²) >= 11 is 0. The number of fused-ring (bicyclic) bond motifs is 1. The molecule has 1 fully saturated rings. The van der Waals surface area contributed by atoms with Crippen LogP contribution in [0.3, 0.4) is 0 Å². The molecule has 1 aliphatic rings. The van der Waals surface area contributed by atoms with Crippen LogP contribution in [-0.4, -0.2) is 63.9 Å². The molecule has 2 aromatic carbocycles. The molecule has 7 heteroatoms. The second kappa shape index (κ2) is 9.67. The van der Waals surface area contributed by atoms with Crippen molar-refractivity contribution in [1.82, 2.24) is 14.4 Å². The van der Waals surface area contributed by atoms with Gasteiger partial charge in [-0.2, -0.15) is 0 Å². The van der Waals surface area contributed by atoms with Crippen LogP contribution >= 0.6 is 0 Å². The molecule has 1 aromatic heterocycles. The van der Waals surface area contributed by atoms with Crippen molar-refractivity contribution in [3.63, 3.8) is 0 Å². The first-order valence-corrected chi connectivity index (χ1v) is 11.6. The molecule has 1 aliphatic heterocycles. The maximum absolute atomic E-state index is 13.0. The summed E-state index contributed by atoms with van der Waals surface area (Å²) in [6.45, 7) is 7.66. The summed E-state index contributed by atoms with van der Waals surface area (Å²) in [7, 11) is 0. The Hall–Kier alpha value is -4.05. The molecule has 35 heavy (non-hydrogen) atoms. The zero-order valence-electron chi connectivity index (χ0n) is 20.3. The molecule has 2 heterocycles. The zero-order chi connectivity index (χ0) is 25.2. The van der Waals surface area contributed by atoms with Crippen LogP contribution in [0.15, 0.2) is 54.7 Å². The number of piperazine rings is 1. The predicted octanol–water partition coefficient (Wildman–Crippen LogP) is 4.20. The van der Waals surface area contributed by atoms with Crippen molar-refractivity contribution in [3.8, 4) is 12.3 Å². The predicted molar refractivity (Wildman–Crippen MR) is 134 cm³/mol. The van der Waals surface area contributed by atoms with Crippen molar-refractivity contribution in [2.45, 2.75) is 32.9 Å². The second-order valence-corrected chi connectivity index (χ2v) is 9.59. The number of aromatic nitrogens is 1. The van der Waals surface area contributed by atoms with Gasteiger partial charge in [-0.05, 0) is 57.2 Å². The number of nitrogens with zero attached hydrogens (tertiary/aromatic N) is 3. The average molecular weight is 472 g/mol. The van der Waals surface area contributed by atoms with Gasteiger partial charge in [0.25, 0.3) is 5.91 Å². The number of rotatable bonds is 4. The van der Waals surface area contributed by atoms with Crippen LogP contribution in [0.4, 0.5) is 4.79 Å². The standard InChI is InChI=1S/C28H29N3O4/c1-5-13-29-14-12-22-19-23(10-11-24(22)29)25(32)20-6-8-21(9-7-20)26(33)30-15-17-31(18-16-30)27(34)35-28(2,3)4/h1,6-12,14,19H,13,15-18H2,2-4H3. The number of hydrogen-bond acceptors (Lipinski definition) is 4. The minimum absolute atomic E-state index is 0.110. The Morgan fingerprint density at radius 3 is 2.11 bits per heavy atom. The number of hydrogen-bond donors (Lipinski definition) is 0. The lowest BCUT2D eigenvalue weighted by molar-refractivity contribution is 0.0141. The maximum atomic E-state index is 13.0. The lowest BCUT2D eigenvalue weighted by atomic mass is 10.0. The SMILES string of the molecule is C#CCn1ccc2cc(C(=O)c3ccc(C(=O)N4CCN(C(=O)OC(C)(C)C)CC4)cc3)ccc21. The van der Waals surface area contributed by atoms with Crippen molar-refractivity contribution in [2.75, 3.05) is 26.2 Å². The van der Waals surface area contributed by atoms with Crippen LogP contribution in [-0.2, 0) is 11.3 Å². The lowest BCUT2D eigenvalue weighted by Gasteiger charge is -2.35. The zero-order valence-corrected chi connectivity index (χ0v) is 20.3. The molecular weight excluding hydrogens is 442 g/mol. The first-order chi connectivity index (χ1) is 16.7. The summed E-state index contributed by atoms with van der Waals surface area (Å²) < 4.78 is 7.36. The van der Waals surface area contributed by atoms with Crippen LogP contribution in [0, 0.1) is 12.3 Å². The van der Waals surface area contributed by atoms with Gasteiger partial charge < -0.3 is 19.1 Å². The first-order valence-electron chi connectivity index (χ1n) is 11.6. The highest BCUT2D eigenvalue weighted by atomic mass is 16.6. The van der Waals surface area contributed by atoms with Crippen LogP contribution in [0.2, 0.25) is 0 Å². The normalized spacial score (nSPS) is 14.0. The van der Waals surface area contributed by atoms with Crippen molar-refractivity contribution < 1.29 is 19.1 Å². The van der Waals surface area contributed by atoms with E-state index in [-0.39, 0.29) is 17.8 Å². The third-order valence-electron chi connectivity index (χ3n) is 5.91. The van der Waals surface area contributed by atoms with Crippen LogP contribution in [0.5, 0.6) is 0 Å². The molecule has 4 rings (SSSR count). The Morgan fingerprint density at radius 2 is 1.49 bits per heavy atom. The molecule has 0 radical (unpaired) electrons. The van der Waals surface area contributed by atoms with E-state index < -0.39 is 5.60 Å². The van der Waals surface area contributed by atoms with E-state index >= 15 is 0 Å². The Labute approximate surface area is 205 Å². The topological polar surface area (TPSA) is 71.9 Å². The third kappa shape index (κ3) is 5.38. The number of carbonyl (C=O) groups is 3. The second-order valence-electron chi connectivity index (χ2n) is 9.59. The van der Waals surface area contributed by atoms with Gasteiger partial charge in [0.2, 0.25) is 0 Å². The highest BCUT2D eigenvalue weighted by molar-refractivity contribution is 6.11. The molecule has 0 aliphatic carbocycles. The number of amides is 2. The fraction of sp³-hybridized carbons (Fsp3) is 0.321. The van der Waals surface area contributed by atoms with E-state index in [1.54, 1.807) is 40.1 Å². The minimum Gasteiger partial charge on any atom is -0.444 e. The molecule has 0 spiro atoms. The van der Waals surface area contributed by atoms with Crippen LogP contribution < -0.4 is 0 Å². The monoisotopic (exact) mass is 471 g/mol. The average Bonchev–Trinajstić information content (AvgIpc) is 3.24. The highest BCUT2D eigenvalue weighted by Crippen LogP contribution is 2.21. The van der Waals surface area contributed by atoms with Gasteiger partial charge in [0.1, 0.15) is 5.60 Å². The number of carbonyl (C=O) groups excluding carboxylic acids is 3. The van der Waals surface area contributed by atoms with Gasteiger partial charge in [0.05, 0.1) is 6.54 Å². The molecule has 0 saturated carbocycles. The van der Waals surface area contributed by atoms with Gasteiger partial charge in [-0.3, -0.25) is 9.59 Å². The van der Waals surface area contributed by atoms with E-state index in [1.165, 1.54) is 0 Å². The van der Waals surface area contributed by atoms with Crippen LogP contribution in [0.1, 0.15) is 47.1 Å². The van der Waals surface area contributed by atoms with Gasteiger partial charge >= 0.3 is 6.09 Å². The highest BCUT2D eigenvalue weighted by Gasteiger charge is 2.28. The molecule has 0 bridgehead atoms. The lowest BCUT2D eigenvalue weighted by Crippen LogP contribution is -2.51. The van der Waals surface area contributed by atoms with Gasteiger partial charge in [-0.15, -0.1) is 6.42 Å². The Kier molecular flexibility index (Phi) is 6.65. The summed E-state index contributed by atoms with van der Waals surface area (Å²) in [5, 5.41) is 0.948. The minimum atomic E-state index is -0.554. The molecule has 3 aromatic rings. The van der Waals surface area contributed by atoms with E-state index in [0.29, 0.717) is 49.4 Å². The summed E-state index contributed by atoms with van der Waals surface area (Å²) in [5.41, 5.74) is 2.02. The van der Waals surface area contributed by atoms with E-state index in [4.69, 9.17) is 11.2 Å². The molecule has 2 amide bonds. The van der Waals surface area contributed by atoms with Crippen LogP contribution in [0.25, 0.3) is 10.9 Å². The number of ketones is 1. The molecule has 0 atom stereocenters. The van der Waals surface area contributed by atoms with Crippen molar-refractivity contribution in [2.24, 2.45) is 0 Å². The molecular formula is C28H29N3O4. The molecule has 180 valence electrons. The van der Waals surface area contributed by atoms with Gasteiger partial charge in [-0.25, -0.2) is 4.79 Å². The van der Waals surface area contributed by atoms with Crippen molar-refractivity contribution in [1.29, 1.82) is 0 Å². The molecule has 0 N–H and O–H groups in total. The summed E-state index contributed by atoms with van der Waals surface area (Å²) in [6, 6.07) is 14.2. The van der Waals surface area contributed by atoms with Gasteiger partial charge in [0, 0.05) is 60.0 Å². The third-order valence-corrected chi connectivity index (χ3v) is 5.91. The van der Waals surface area contributed by atoms with E-state index in [0.717, 1.165) is 10.9 Å². The van der Waals surface area contributed by atoms with E-state index in [1.807, 2.05) is 49.7 Å². The van der Waals surface area contributed by atoms with Gasteiger partial charge in [0.15, 0.2) is 5.78 Å². The Balaban J connectivity index is 1.39. The number of benzene rings is 2. The van der Waals surface area contributed by atoms with Gasteiger partial charge in [-0.1, -0.05) is 18.1 Å². The largest absolute Gasteiger partial charge is 0.444 e. The van der Waals surface area contributed by atoms with E-state index in [9.17, 15) is 14.4 Å². The first kappa shape index (κ1) is 24.1. The quantitative estimate of drug-likeness (QED) is 0.422. The maximum Gasteiger partial charge on any atom is 0.410 e. The summed E-state index contributed by atoms with van der Waals surface area (Å²) in [5.74, 6) is 2.39. The summed E-state index contributed by atoms with van der Waals surface area (Å²) in [6.07, 6.45) is 6.96. The van der Waals surface area contributed by atoms with Crippen molar-refractivity contribution in [3.05, 3.63) is 71.4 Å². The number of terminal acetylenes is 1. The Morgan fingerprint density at radius 1 is 0.886 bits per heavy atom. The van der Waals surface area contributed by atoms with Crippen molar-refractivity contribution >= 4 is 28.7 Å². The fourth-order valence-corrected chi connectivity index (χ4v) is 4.11.